The molecule has 0 aromatic heterocycles. The number of aryl methyl sites for hydroxylation is 1. The molecule has 1 heterocycles. The van der Waals surface area contributed by atoms with Gasteiger partial charge in [0.25, 0.3) is 0 Å². The highest BCUT2D eigenvalue weighted by atomic mass is 32.2. The van der Waals surface area contributed by atoms with Crippen LogP contribution < -0.4 is 15.5 Å². The van der Waals surface area contributed by atoms with Gasteiger partial charge in [-0.1, -0.05) is 24.3 Å². The molecule has 0 spiro atoms. The molecule has 0 atom stereocenters. The number of halogens is 1. The predicted octanol–water partition coefficient (Wildman–Crippen LogP) is 2.01. The maximum absolute atomic E-state index is 13.7. The lowest BCUT2D eigenvalue weighted by Crippen LogP contribution is -2.46. The van der Waals surface area contributed by atoms with Gasteiger partial charge in [0.05, 0.1) is 12.3 Å². The minimum absolute atomic E-state index is 0.0490. The molecule has 2 aromatic rings. The SMILES string of the molecule is CN=C(NCC(=O)N1CCCc2ccccc21)NCc1cc(F)ccc1CS(C)(=O)=O. The first kappa shape index (κ1) is 22.7. The van der Waals surface area contributed by atoms with Gasteiger partial charge in [-0.05, 0) is 47.7 Å². The lowest BCUT2D eigenvalue weighted by Gasteiger charge is -2.29. The summed E-state index contributed by atoms with van der Waals surface area (Å²) >= 11 is 0. The smallest absolute Gasteiger partial charge is 0.246 e. The van der Waals surface area contributed by atoms with Crippen LogP contribution in [0, 0.1) is 5.82 Å². The van der Waals surface area contributed by atoms with Gasteiger partial charge in [-0.2, -0.15) is 0 Å². The number of para-hydroxylation sites is 1. The van der Waals surface area contributed by atoms with Crippen LogP contribution in [-0.2, 0) is 33.4 Å². The summed E-state index contributed by atoms with van der Waals surface area (Å²) in [4.78, 5) is 18.7. The van der Waals surface area contributed by atoms with Gasteiger partial charge in [-0.3, -0.25) is 9.79 Å². The first-order chi connectivity index (χ1) is 14.8. The Morgan fingerprint density at radius 3 is 2.68 bits per heavy atom. The number of hydrogen-bond acceptors (Lipinski definition) is 4. The van der Waals surface area contributed by atoms with Crippen molar-refractivity contribution in [1.82, 2.24) is 10.6 Å². The summed E-state index contributed by atoms with van der Waals surface area (Å²) in [6.07, 6.45) is 3.01. The number of sulfone groups is 1. The lowest BCUT2D eigenvalue weighted by atomic mass is 10.0. The van der Waals surface area contributed by atoms with Crippen LogP contribution in [0.1, 0.15) is 23.1 Å². The third-order valence-corrected chi connectivity index (χ3v) is 5.91. The van der Waals surface area contributed by atoms with Crippen LogP contribution in [0.15, 0.2) is 47.5 Å². The quantitative estimate of drug-likeness (QED) is 0.523. The van der Waals surface area contributed by atoms with Crippen molar-refractivity contribution < 1.29 is 17.6 Å². The Balaban J connectivity index is 1.61. The Bertz CT molecular complexity index is 1090. The minimum Gasteiger partial charge on any atom is -0.352 e. The van der Waals surface area contributed by atoms with Gasteiger partial charge in [-0.25, -0.2) is 12.8 Å². The number of carbonyl (C=O) groups is 1. The van der Waals surface area contributed by atoms with Crippen LogP contribution in [0.25, 0.3) is 0 Å². The summed E-state index contributed by atoms with van der Waals surface area (Å²) < 4.78 is 37.0. The number of fused-ring (bicyclic) bond motifs is 1. The van der Waals surface area contributed by atoms with Crippen molar-refractivity contribution >= 4 is 27.4 Å². The normalized spacial score (nSPS) is 14.2. The van der Waals surface area contributed by atoms with E-state index in [1.807, 2.05) is 24.3 Å². The second kappa shape index (κ2) is 9.91. The fourth-order valence-electron chi connectivity index (χ4n) is 3.63. The first-order valence-electron chi connectivity index (χ1n) is 10.0. The molecule has 0 unspecified atom stereocenters. The molecule has 0 fully saturated rings. The molecule has 31 heavy (non-hydrogen) atoms. The molecule has 1 amide bonds. The van der Waals surface area contributed by atoms with E-state index in [1.165, 1.54) is 18.2 Å². The Kier molecular flexibility index (Phi) is 7.27. The molecule has 0 bridgehead atoms. The minimum atomic E-state index is -3.26. The van der Waals surface area contributed by atoms with Crippen LogP contribution in [-0.4, -0.2) is 46.7 Å². The number of hydrogen-bond donors (Lipinski definition) is 2. The van der Waals surface area contributed by atoms with Gasteiger partial charge in [0.2, 0.25) is 5.91 Å². The summed E-state index contributed by atoms with van der Waals surface area (Å²) in [6.45, 7) is 0.887. The fourth-order valence-corrected chi connectivity index (χ4v) is 4.48. The number of guanidine groups is 1. The summed E-state index contributed by atoms with van der Waals surface area (Å²) in [6, 6.07) is 11.9. The molecule has 0 saturated carbocycles. The topological polar surface area (TPSA) is 90.9 Å². The molecule has 2 N–H and O–H groups in total. The Morgan fingerprint density at radius 1 is 1.16 bits per heavy atom. The fraction of sp³-hybridized carbons (Fsp3) is 0.364. The number of carbonyl (C=O) groups excluding carboxylic acids is 1. The molecule has 0 aliphatic carbocycles. The average molecular weight is 447 g/mol. The molecular formula is C22H27FN4O3S. The van der Waals surface area contributed by atoms with E-state index >= 15 is 0 Å². The standard InChI is InChI=1S/C22H27FN4O3S/c1-24-22(25-13-18-12-19(23)10-9-17(18)15-31(2,29)30)26-14-21(28)27-11-5-7-16-6-3-4-8-20(16)27/h3-4,6,8-10,12H,5,7,11,13-15H2,1-2H3,(H2,24,25,26). The van der Waals surface area contributed by atoms with E-state index in [4.69, 9.17) is 0 Å². The van der Waals surface area contributed by atoms with Gasteiger partial charge in [-0.15, -0.1) is 0 Å². The number of amides is 1. The van der Waals surface area contributed by atoms with Crippen molar-refractivity contribution in [2.75, 3.05) is 31.3 Å². The highest BCUT2D eigenvalue weighted by molar-refractivity contribution is 7.89. The van der Waals surface area contributed by atoms with E-state index < -0.39 is 15.7 Å². The lowest BCUT2D eigenvalue weighted by molar-refractivity contribution is -0.117. The van der Waals surface area contributed by atoms with Crippen LogP contribution in [0.2, 0.25) is 0 Å². The van der Waals surface area contributed by atoms with Gasteiger partial charge in [0.15, 0.2) is 15.8 Å². The molecule has 2 aromatic carbocycles. The maximum atomic E-state index is 13.7. The number of anilines is 1. The Hall–Kier alpha value is -2.94. The molecule has 0 radical (unpaired) electrons. The number of nitrogens with one attached hydrogen (secondary N) is 2. The first-order valence-corrected chi connectivity index (χ1v) is 12.1. The average Bonchev–Trinajstić information content (AvgIpc) is 2.74. The van der Waals surface area contributed by atoms with Crippen molar-refractivity contribution in [3.8, 4) is 0 Å². The predicted molar refractivity (Wildman–Crippen MR) is 120 cm³/mol. The highest BCUT2D eigenvalue weighted by Gasteiger charge is 2.22. The Labute approximate surface area is 182 Å². The number of aliphatic imine (C=N–C) groups is 1. The van der Waals surface area contributed by atoms with Gasteiger partial charge < -0.3 is 15.5 Å². The van der Waals surface area contributed by atoms with Crippen LogP contribution in [0.5, 0.6) is 0 Å². The number of rotatable bonds is 6. The van der Waals surface area contributed by atoms with Gasteiger partial charge in [0, 0.05) is 32.1 Å². The second-order valence-corrected chi connectivity index (χ2v) is 9.68. The van der Waals surface area contributed by atoms with Crippen molar-refractivity contribution in [2.24, 2.45) is 4.99 Å². The van der Waals surface area contributed by atoms with Crippen molar-refractivity contribution in [2.45, 2.75) is 25.1 Å². The molecule has 0 saturated heterocycles. The molecule has 1 aliphatic rings. The molecule has 3 rings (SSSR count). The summed E-state index contributed by atoms with van der Waals surface area (Å²) in [5, 5.41) is 6.01. The third kappa shape index (κ3) is 6.27. The van der Waals surface area contributed by atoms with E-state index in [1.54, 1.807) is 11.9 Å². The van der Waals surface area contributed by atoms with Crippen LogP contribution in [0.3, 0.4) is 0 Å². The monoisotopic (exact) mass is 446 g/mol. The van der Waals surface area contributed by atoms with E-state index in [9.17, 15) is 17.6 Å². The number of nitrogens with zero attached hydrogens (tertiary/aromatic N) is 2. The maximum Gasteiger partial charge on any atom is 0.246 e. The third-order valence-electron chi connectivity index (χ3n) is 5.07. The van der Waals surface area contributed by atoms with E-state index in [2.05, 4.69) is 15.6 Å². The summed E-state index contributed by atoms with van der Waals surface area (Å²) in [5.41, 5.74) is 3.14. The van der Waals surface area contributed by atoms with Crippen molar-refractivity contribution in [3.63, 3.8) is 0 Å². The zero-order chi connectivity index (χ0) is 22.4. The molecule has 166 valence electrons. The van der Waals surface area contributed by atoms with Crippen molar-refractivity contribution in [3.05, 3.63) is 65.0 Å². The van der Waals surface area contributed by atoms with E-state index in [0.717, 1.165) is 30.3 Å². The van der Waals surface area contributed by atoms with E-state index in [-0.39, 0.29) is 24.7 Å². The summed E-state index contributed by atoms with van der Waals surface area (Å²) in [7, 11) is -1.69. The molecule has 1 aliphatic heterocycles. The Morgan fingerprint density at radius 2 is 1.94 bits per heavy atom. The van der Waals surface area contributed by atoms with E-state index in [0.29, 0.717) is 23.6 Å². The molecular weight excluding hydrogens is 419 g/mol. The number of benzene rings is 2. The highest BCUT2D eigenvalue weighted by Crippen LogP contribution is 2.26. The van der Waals surface area contributed by atoms with Crippen LogP contribution in [0.4, 0.5) is 10.1 Å². The molecule has 7 nitrogen and oxygen atoms in total. The molecule has 9 heteroatoms. The van der Waals surface area contributed by atoms with Crippen LogP contribution >= 0.6 is 0 Å². The summed E-state index contributed by atoms with van der Waals surface area (Å²) in [5.74, 6) is -0.328. The largest absolute Gasteiger partial charge is 0.352 e. The zero-order valence-corrected chi connectivity index (χ0v) is 18.5. The second-order valence-electron chi connectivity index (χ2n) is 7.54. The zero-order valence-electron chi connectivity index (χ0n) is 17.7. The van der Waals surface area contributed by atoms with Gasteiger partial charge >= 0.3 is 0 Å². The van der Waals surface area contributed by atoms with Gasteiger partial charge in [0.1, 0.15) is 5.82 Å². The van der Waals surface area contributed by atoms with Crippen molar-refractivity contribution in [1.29, 1.82) is 0 Å².